The quantitative estimate of drug-likeness (QED) is 0.620. The molecule has 4 heteroatoms. The number of rotatable bonds is 5. The summed E-state index contributed by atoms with van der Waals surface area (Å²) in [6.45, 7) is 8.99. The van der Waals surface area contributed by atoms with Gasteiger partial charge in [0.15, 0.2) is 5.69 Å². The molecule has 130 valence electrons. The number of hydrogen-bond donors (Lipinski definition) is 1. The number of benzene rings is 2. The van der Waals surface area contributed by atoms with Gasteiger partial charge < -0.3 is 9.84 Å². The van der Waals surface area contributed by atoms with E-state index in [1.54, 1.807) is 6.92 Å². The van der Waals surface area contributed by atoms with Crippen molar-refractivity contribution in [2.45, 2.75) is 38.2 Å². The predicted molar refractivity (Wildman–Crippen MR) is 99.3 cm³/mol. The molecule has 0 heterocycles. The van der Waals surface area contributed by atoms with E-state index in [4.69, 9.17) is 16.4 Å². The molecular weight excluding hydrogens is 326 g/mol. The van der Waals surface area contributed by atoms with Crippen molar-refractivity contribution in [1.82, 2.24) is 0 Å². The normalized spacial score (nSPS) is 15.9. The van der Waals surface area contributed by atoms with Crippen molar-refractivity contribution < 1.29 is 14.6 Å². The monoisotopic (exact) mass is 345 g/mol. The molecule has 4 nitrogen and oxygen atoms in total. The molecule has 1 aliphatic rings. The van der Waals surface area contributed by atoms with Crippen LogP contribution in [0.15, 0.2) is 42.5 Å². The van der Waals surface area contributed by atoms with Crippen LogP contribution < -0.4 is 4.74 Å². The summed E-state index contributed by atoms with van der Waals surface area (Å²) in [5, 5.41) is 9.04. The summed E-state index contributed by atoms with van der Waals surface area (Å²) in [4.78, 5) is 14.6. The zero-order valence-electron chi connectivity index (χ0n) is 14.5. The van der Waals surface area contributed by atoms with Crippen molar-refractivity contribution >= 4 is 11.7 Å². The number of ether oxygens (including phenoxy) is 1. The zero-order chi connectivity index (χ0) is 18.5. The summed E-state index contributed by atoms with van der Waals surface area (Å²) < 4.78 is 6.12. The second-order valence-corrected chi connectivity index (χ2v) is 6.22. The maximum atomic E-state index is 11.0. The lowest BCUT2D eigenvalue weighted by molar-refractivity contribution is -0.137. The molecule has 3 rings (SSSR count). The molecule has 1 N–H and O–H groups in total. The number of carboxylic acid groups (broad SMARTS) is 1. The van der Waals surface area contributed by atoms with Crippen LogP contribution in [0.1, 0.15) is 48.5 Å². The first-order chi connectivity index (χ1) is 12.6. The molecule has 26 heavy (non-hydrogen) atoms. The van der Waals surface area contributed by atoms with E-state index in [0.29, 0.717) is 5.69 Å². The molecule has 0 aliphatic heterocycles. The third-order valence-corrected chi connectivity index (χ3v) is 4.57. The van der Waals surface area contributed by atoms with E-state index in [1.165, 1.54) is 0 Å². The lowest BCUT2D eigenvalue weighted by Crippen LogP contribution is -2.06. The molecule has 0 fully saturated rings. The topological polar surface area (TPSA) is 50.9 Å². The summed E-state index contributed by atoms with van der Waals surface area (Å²) in [6.07, 6.45) is 1.63. The Labute approximate surface area is 153 Å². The highest BCUT2D eigenvalue weighted by molar-refractivity contribution is 5.69. The second kappa shape index (κ2) is 7.76. The van der Waals surface area contributed by atoms with Crippen molar-refractivity contribution in [2.75, 3.05) is 0 Å². The first kappa shape index (κ1) is 17.6. The van der Waals surface area contributed by atoms with Gasteiger partial charge in [0.05, 0.1) is 18.9 Å². The van der Waals surface area contributed by atoms with Crippen LogP contribution in [-0.4, -0.2) is 11.1 Å². The maximum absolute atomic E-state index is 11.0. The van der Waals surface area contributed by atoms with Gasteiger partial charge in [0.1, 0.15) is 11.9 Å². The van der Waals surface area contributed by atoms with E-state index in [2.05, 4.69) is 16.7 Å². The minimum Gasteiger partial charge on any atom is -0.486 e. The van der Waals surface area contributed by atoms with Crippen LogP contribution >= 0.6 is 0 Å². The molecule has 0 amide bonds. The Balaban J connectivity index is 1.76. The third-order valence-electron chi connectivity index (χ3n) is 4.57. The van der Waals surface area contributed by atoms with Crippen molar-refractivity contribution in [2.24, 2.45) is 0 Å². The second-order valence-electron chi connectivity index (χ2n) is 6.22. The van der Waals surface area contributed by atoms with Gasteiger partial charge in [0.25, 0.3) is 0 Å². The number of carbonyl (C=O) groups is 1. The van der Waals surface area contributed by atoms with Gasteiger partial charge in [-0.25, -0.2) is 4.85 Å². The minimum atomic E-state index is -0.865. The van der Waals surface area contributed by atoms with E-state index in [-0.39, 0.29) is 18.4 Å². The average Bonchev–Trinajstić information content (AvgIpc) is 3.05. The smallest absolute Gasteiger partial charge is 0.304 e. The summed E-state index contributed by atoms with van der Waals surface area (Å²) >= 11 is 0. The Morgan fingerprint density at radius 2 is 2.12 bits per heavy atom. The number of aliphatic carboxylic acids is 1. The van der Waals surface area contributed by atoms with Crippen LogP contribution in [0.3, 0.4) is 0 Å². The van der Waals surface area contributed by atoms with Gasteiger partial charge in [-0.15, -0.1) is 5.92 Å². The van der Waals surface area contributed by atoms with Crippen LogP contribution in [-0.2, 0) is 11.2 Å². The zero-order valence-corrected chi connectivity index (χ0v) is 14.5. The van der Waals surface area contributed by atoms with E-state index in [1.807, 2.05) is 42.5 Å². The highest BCUT2D eigenvalue weighted by atomic mass is 16.5. The first-order valence-corrected chi connectivity index (χ1v) is 8.52. The maximum Gasteiger partial charge on any atom is 0.304 e. The van der Waals surface area contributed by atoms with Gasteiger partial charge in [0, 0.05) is 0 Å². The molecule has 1 aliphatic carbocycles. The average molecular weight is 345 g/mol. The summed E-state index contributed by atoms with van der Waals surface area (Å²) in [5.74, 6) is 5.30. The Bertz CT molecular complexity index is 913. The van der Waals surface area contributed by atoms with Crippen molar-refractivity contribution in [1.29, 1.82) is 0 Å². The Kier molecular flexibility index (Phi) is 5.25. The van der Waals surface area contributed by atoms with E-state index in [0.717, 1.165) is 35.3 Å². The molecule has 2 aromatic carbocycles. The summed E-state index contributed by atoms with van der Waals surface area (Å²) in [6, 6.07) is 13.2. The lowest BCUT2D eigenvalue weighted by atomic mass is 9.96. The van der Waals surface area contributed by atoms with Crippen molar-refractivity contribution in [3.8, 4) is 17.6 Å². The largest absolute Gasteiger partial charge is 0.486 e. The van der Waals surface area contributed by atoms with Crippen LogP contribution in [0, 0.1) is 18.4 Å². The Morgan fingerprint density at radius 1 is 1.35 bits per heavy atom. The van der Waals surface area contributed by atoms with Crippen molar-refractivity contribution in [3.63, 3.8) is 0 Å². The van der Waals surface area contributed by atoms with E-state index >= 15 is 0 Å². The van der Waals surface area contributed by atoms with Crippen LogP contribution in [0.5, 0.6) is 5.75 Å². The third kappa shape index (κ3) is 3.71. The van der Waals surface area contributed by atoms with Gasteiger partial charge >= 0.3 is 5.97 Å². The molecule has 0 bridgehead atoms. The molecule has 0 aromatic heterocycles. The fourth-order valence-electron chi connectivity index (χ4n) is 3.37. The van der Waals surface area contributed by atoms with Gasteiger partial charge in [-0.05, 0) is 48.6 Å². The van der Waals surface area contributed by atoms with Crippen LogP contribution in [0.4, 0.5) is 5.69 Å². The number of nitrogens with zero attached hydrogens (tertiary/aromatic N) is 1. The molecule has 0 saturated heterocycles. The highest BCUT2D eigenvalue weighted by Crippen LogP contribution is 2.39. The van der Waals surface area contributed by atoms with Gasteiger partial charge in [-0.3, -0.25) is 4.79 Å². The van der Waals surface area contributed by atoms with Crippen LogP contribution in [0.25, 0.3) is 4.85 Å². The van der Waals surface area contributed by atoms with Gasteiger partial charge in [-0.2, -0.15) is 0 Å². The minimum absolute atomic E-state index is 0.0174. The SMILES string of the molecule is [C-]#[N+]c1cccc2c1CCC2Oc1ccc([C@@H](C#CC)CC(=O)O)cc1. The summed E-state index contributed by atoms with van der Waals surface area (Å²) in [5.41, 5.74) is 3.75. The molecule has 1 unspecified atom stereocenters. The van der Waals surface area contributed by atoms with Gasteiger partial charge in [-0.1, -0.05) is 36.3 Å². The number of hydrogen-bond acceptors (Lipinski definition) is 2. The predicted octanol–water partition coefficient (Wildman–Crippen LogP) is 4.89. The van der Waals surface area contributed by atoms with Crippen molar-refractivity contribution in [3.05, 3.63) is 70.6 Å². The molecule has 0 saturated carbocycles. The van der Waals surface area contributed by atoms with Gasteiger partial charge in [0.2, 0.25) is 0 Å². The molecule has 0 radical (unpaired) electrons. The van der Waals surface area contributed by atoms with E-state index in [9.17, 15) is 4.79 Å². The summed E-state index contributed by atoms with van der Waals surface area (Å²) in [7, 11) is 0. The Hall–Kier alpha value is -3.24. The molecule has 2 aromatic rings. The molecular formula is C22H19NO3. The molecule has 0 spiro atoms. The van der Waals surface area contributed by atoms with Crippen LogP contribution in [0.2, 0.25) is 0 Å². The van der Waals surface area contributed by atoms with E-state index < -0.39 is 5.97 Å². The lowest BCUT2D eigenvalue weighted by Gasteiger charge is -2.16. The first-order valence-electron chi connectivity index (χ1n) is 8.52. The standard InChI is InChI=1S/C22H19NO3/c1-3-5-16(14-22(24)25)15-8-10-17(11-9-15)26-21-13-12-18-19(21)6-4-7-20(18)23-2/h4,6-11,16,21H,12-14H2,1H3,(H,24,25)/t16-,21?/m0/s1. The highest BCUT2D eigenvalue weighted by Gasteiger charge is 2.26. The number of fused-ring (bicyclic) bond motifs is 1. The molecule has 2 atom stereocenters. The number of carboxylic acids is 1. The Morgan fingerprint density at radius 3 is 2.77 bits per heavy atom. The fourth-order valence-corrected chi connectivity index (χ4v) is 3.37. The fraction of sp³-hybridized carbons (Fsp3) is 0.273.